The number of nitrogens with zero attached hydrogens (tertiary/aromatic N) is 1. The Balaban J connectivity index is 1.33. The Labute approximate surface area is 202 Å². The quantitative estimate of drug-likeness (QED) is 0.592. The average Bonchev–Trinajstić information content (AvgIpc) is 3.64. The number of hydrogen-bond acceptors (Lipinski definition) is 6. The van der Waals surface area contributed by atoms with Gasteiger partial charge in [-0.3, -0.25) is 19.2 Å². The van der Waals surface area contributed by atoms with E-state index in [9.17, 15) is 19.2 Å². The van der Waals surface area contributed by atoms with Crippen LogP contribution in [0.4, 0.5) is 5.69 Å². The van der Waals surface area contributed by atoms with Gasteiger partial charge >= 0.3 is 0 Å². The van der Waals surface area contributed by atoms with E-state index in [1.165, 1.54) is 18.2 Å². The number of amides is 4. The molecule has 0 aliphatic carbocycles. The van der Waals surface area contributed by atoms with Crippen molar-refractivity contribution in [2.45, 2.75) is 37.9 Å². The third kappa shape index (κ3) is 4.69. The highest BCUT2D eigenvalue weighted by atomic mass is 16.5. The molecule has 0 bridgehead atoms. The predicted molar refractivity (Wildman–Crippen MR) is 127 cm³/mol. The maximum atomic E-state index is 13.3. The molecule has 3 aliphatic rings. The van der Waals surface area contributed by atoms with Crippen LogP contribution in [0.3, 0.4) is 0 Å². The van der Waals surface area contributed by atoms with Crippen molar-refractivity contribution < 1.29 is 28.7 Å². The fraction of sp³-hybridized carbons (Fsp3) is 0.385. The Bertz CT molecular complexity index is 1170. The largest absolute Gasteiger partial charge is 0.376 e. The number of imide groups is 1. The molecule has 2 aromatic rings. The molecule has 3 aliphatic heterocycles. The number of carbonyl (C=O) groups is 4. The molecule has 0 saturated carbocycles. The van der Waals surface area contributed by atoms with Gasteiger partial charge in [0.15, 0.2) is 0 Å². The molecule has 9 nitrogen and oxygen atoms in total. The minimum Gasteiger partial charge on any atom is -0.376 e. The molecule has 2 saturated heterocycles. The van der Waals surface area contributed by atoms with Crippen LogP contribution >= 0.6 is 0 Å². The van der Waals surface area contributed by atoms with Gasteiger partial charge < -0.3 is 20.1 Å². The number of hydrogen-bond donors (Lipinski definition) is 2. The Kier molecular flexibility index (Phi) is 6.61. The lowest BCUT2D eigenvalue weighted by Gasteiger charge is -2.18. The van der Waals surface area contributed by atoms with Gasteiger partial charge in [-0.05, 0) is 56.0 Å². The summed E-state index contributed by atoms with van der Waals surface area (Å²) >= 11 is 0. The summed E-state index contributed by atoms with van der Waals surface area (Å²) in [6.07, 6.45) is 3.67. The first kappa shape index (κ1) is 23.2. The maximum Gasteiger partial charge on any atom is 0.266 e. The van der Waals surface area contributed by atoms with Gasteiger partial charge in [0.2, 0.25) is 0 Å². The number of para-hydroxylation sites is 1. The number of rotatable bonds is 7. The van der Waals surface area contributed by atoms with E-state index >= 15 is 0 Å². The van der Waals surface area contributed by atoms with Crippen LogP contribution in [0, 0.1) is 0 Å². The number of carbonyl (C=O) groups excluding carboxylic acids is 4. The minimum absolute atomic E-state index is 0.00467. The third-order valence-electron chi connectivity index (χ3n) is 6.57. The van der Waals surface area contributed by atoms with E-state index in [0.717, 1.165) is 30.6 Å². The molecule has 0 spiro atoms. The van der Waals surface area contributed by atoms with Gasteiger partial charge in [0.1, 0.15) is 0 Å². The van der Waals surface area contributed by atoms with Crippen LogP contribution in [0.25, 0.3) is 0 Å². The van der Waals surface area contributed by atoms with E-state index in [0.29, 0.717) is 26.3 Å². The summed E-state index contributed by atoms with van der Waals surface area (Å²) in [5.41, 5.74) is 1.03. The number of anilines is 1. The number of nitrogens with one attached hydrogen (secondary N) is 2. The predicted octanol–water partition coefficient (Wildman–Crippen LogP) is 2.30. The SMILES string of the molecule is O=C(NC[C@@H]1CCCO1)c1ccc2c(c1)C(=O)N(c1ccccc1C(=O)NC[C@H]1CCCO1)C2=O. The molecule has 0 radical (unpaired) electrons. The zero-order valence-corrected chi connectivity index (χ0v) is 19.2. The van der Waals surface area contributed by atoms with E-state index < -0.39 is 11.8 Å². The summed E-state index contributed by atoms with van der Waals surface area (Å²) in [4.78, 5) is 53.0. The molecule has 2 aromatic carbocycles. The standard InChI is InChI=1S/C26H27N3O6/c30-23(27-14-17-5-3-11-34-17)16-9-10-19-21(13-16)26(33)29(25(19)32)22-8-2-1-7-20(22)24(31)28-15-18-6-4-12-35-18/h1-2,7-10,13,17-18H,3-6,11-12,14-15H2,(H,27,30)(H,28,31)/t17-,18+/m0/s1. The molecular formula is C26H27N3O6. The second kappa shape index (κ2) is 9.97. The zero-order chi connectivity index (χ0) is 24.4. The normalized spacial score (nSPS) is 21.3. The number of benzene rings is 2. The second-order valence-electron chi connectivity index (χ2n) is 8.91. The zero-order valence-electron chi connectivity index (χ0n) is 19.2. The van der Waals surface area contributed by atoms with E-state index in [4.69, 9.17) is 9.47 Å². The van der Waals surface area contributed by atoms with E-state index in [1.54, 1.807) is 24.3 Å². The first-order valence-corrected chi connectivity index (χ1v) is 11.9. The number of ether oxygens (including phenoxy) is 2. The van der Waals surface area contributed by atoms with Gasteiger partial charge in [-0.25, -0.2) is 4.90 Å². The lowest BCUT2D eigenvalue weighted by Crippen LogP contribution is -2.35. The summed E-state index contributed by atoms with van der Waals surface area (Å²) in [6.45, 7) is 2.13. The highest BCUT2D eigenvalue weighted by Crippen LogP contribution is 2.31. The summed E-state index contributed by atoms with van der Waals surface area (Å²) in [5, 5.41) is 5.67. The molecule has 3 heterocycles. The molecule has 5 rings (SSSR count). The molecular weight excluding hydrogens is 450 g/mol. The van der Waals surface area contributed by atoms with Crippen molar-refractivity contribution in [3.05, 3.63) is 64.7 Å². The maximum absolute atomic E-state index is 13.3. The highest BCUT2D eigenvalue weighted by Gasteiger charge is 2.39. The van der Waals surface area contributed by atoms with Crippen molar-refractivity contribution >= 4 is 29.3 Å². The van der Waals surface area contributed by atoms with Gasteiger partial charge in [0, 0.05) is 31.9 Å². The van der Waals surface area contributed by atoms with Crippen LogP contribution in [0.15, 0.2) is 42.5 Å². The lowest BCUT2D eigenvalue weighted by molar-refractivity contribution is 0.0854. The van der Waals surface area contributed by atoms with Gasteiger partial charge in [0.25, 0.3) is 23.6 Å². The summed E-state index contributed by atoms with van der Waals surface area (Å²) < 4.78 is 11.1. The van der Waals surface area contributed by atoms with Crippen molar-refractivity contribution in [3.63, 3.8) is 0 Å². The molecule has 182 valence electrons. The Morgan fingerprint density at radius 2 is 1.46 bits per heavy atom. The van der Waals surface area contributed by atoms with Gasteiger partial charge in [0.05, 0.1) is 34.6 Å². The molecule has 0 aromatic heterocycles. The van der Waals surface area contributed by atoms with E-state index in [2.05, 4.69) is 10.6 Å². The minimum atomic E-state index is -0.571. The Morgan fingerprint density at radius 3 is 2.11 bits per heavy atom. The molecule has 0 unspecified atom stereocenters. The van der Waals surface area contributed by atoms with Crippen molar-refractivity contribution in [1.29, 1.82) is 0 Å². The van der Waals surface area contributed by atoms with Crippen LogP contribution < -0.4 is 15.5 Å². The van der Waals surface area contributed by atoms with Crippen LogP contribution in [0.5, 0.6) is 0 Å². The first-order chi connectivity index (χ1) is 17.0. The van der Waals surface area contributed by atoms with Crippen molar-refractivity contribution in [1.82, 2.24) is 10.6 Å². The van der Waals surface area contributed by atoms with Crippen LogP contribution in [0.1, 0.15) is 67.1 Å². The van der Waals surface area contributed by atoms with Crippen molar-refractivity contribution in [3.8, 4) is 0 Å². The van der Waals surface area contributed by atoms with Gasteiger partial charge in [-0.1, -0.05) is 12.1 Å². The summed E-state index contributed by atoms with van der Waals surface area (Å²) in [6, 6.07) is 10.9. The Hall–Kier alpha value is -3.56. The van der Waals surface area contributed by atoms with E-state index in [1.807, 2.05) is 0 Å². The molecule has 2 N–H and O–H groups in total. The van der Waals surface area contributed by atoms with Crippen LogP contribution in [-0.4, -0.2) is 62.1 Å². The fourth-order valence-electron chi connectivity index (χ4n) is 4.68. The van der Waals surface area contributed by atoms with Gasteiger partial charge in [-0.2, -0.15) is 0 Å². The van der Waals surface area contributed by atoms with Gasteiger partial charge in [-0.15, -0.1) is 0 Å². The Morgan fingerprint density at radius 1 is 0.829 bits per heavy atom. The first-order valence-electron chi connectivity index (χ1n) is 11.9. The molecule has 4 amide bonds. The average molecular weight is 478 g/mol. The number of fused-ring (bicyclic) bond motifs is 1. The van der Waals surface area contributed by atoms with Crippen molar-refractivity contribution in [2.75, 3.05) is 31.2 Å². The fourth-order valence-corrected chi connectivity index (χ4v) is 4.68. The molecule has 9 heteroatoms. The summed E-state index contributed by atoms with van der Waals surface area (Å²) in [7, 11) is 0. The smallest absolute Gasteiger partial charge is 0.266 e. The van der Waals surface area contributed by atoms with E-state index in [-0.39, 0.29) is 52.0 Å². The third-order valence-corrected chi connectivity index (χ3v) is 6.57. The molecule has 2 fully saturated rings. The van der Waals surface area contributed by atoms with Crippen molar-refractivity contribution in [2.24, 2.45) is 0 Å². The van der Waals surface area contributed by atoms with Crippen LogP contribution in [0.2, 0.25) is 0 Å². The van der Waals surface area contributed by atoms with Crippen LogP contribution in [-0.2, 0) is 9.47 Å². The monoisotopic (exact) mass is 477 g/mol. The molecule has 2 atom stereocenters. The topological polar surface area (TPSA) is 114 Å². The summed E-state index contributed by atoms with van der Waals surface area (Å²) in [5.74, 6) is -1.83. The molecule has 35 heavy (non-hydrogen) atoms. The second-order valence-corrected chi connectivity index (χ2v) is 8.91. The lowest BCUT2D eigenvalue weighted by atomic mass is 10.1. The highest BCUT2D eigenvalue weighted by molar-refractivity contribution is 6.35.